The molecule has 1 unspecified atom stereocenters. The minimum atomic E-state index is -1.30. The molecule has 0 aliphatic rings. The highest BCUT2D eigenvalue weighted by molar-refractivity contribution is 5.95. The lowest BCUT2D eigenvalue weighted by Crippen LogP contribution is -2.40. The maximum Gasteiger partial charge on any atom is 0.328 e. The summed E-state index contributed by atoms with van der Waals surface area (Å²) >= 11 is 0. The molecule has 0 spiro atoms. The summed E-state index contributed by atoms with van der Waals surface area (Å²) in [6.45, 7) is 0. The molecule has 0 aromatic heterocycles. The van der Waals surface area contributed by atoms with Gasteiger partial charge in [0.05, 0.1) is 0 Å². The molecule has 0 heterocycles. The topological polar surface area (TPSA) is 141 Å². The number of carboxylic acids is 3. The Morgan fingerprint density at radius 1 is 0.950 bits per heavy atom. The third-order valence-electron chi connectivity index (χ3n) is 2.38. The van der Waals surface area contributed by atoms with E-state index in [1.807, 2.05) is 0 Å². The zero-order valence-electron chi connectivity index (χ0n) is 10.7. The lowest BCUT2D eigenvalue weighted by molar-refractivity contribution is -0.141. The largest absolute Gasteiger partial charge is 0.481 e. The van der Waals surface area contributed by atoms with E-state index in [1.165, 1.54) is 0 Å². The summed E-state index contributed by atoms with van der Waals surface area (Å²) < 4.78 is 0. The van der Waals surface area contributed by atoms with Crippen LogP contribution in [0.2, 0.25) is 0 Å². The van der Waals surface area contributed by atoms with Crippen LogP contribution in [0.15, 0.2) is 12.2 Å². The van der Waals surface area contributed by atoms with Crippen molar-refractivity contribution < 1.29 is 34.5 Å². The maximum atomic E-state index is 11.2. The molecule has 0 aromatic carbocycles. The molecular formula is C12H17NO7. The van der Waals surface area contributed by atoms with Crippen LogP contribution in [-0.4, -0.2) is 45.2 Å². The van der Waals surface area contributed by atoms with Crippen LogP contribution < -0.4 is 5.32 Å². The van der Waals surface area contributed by atoms with Gasteiger partial charge in [0.1, 0.15) is 6.04 Å². The Bertz CT molecular complexity index is 403. The normalized spacial score (nSPS) is 12.0. The number of nitrogens with one attached hydrogen (secondary N) is 1. The fourth-order valence-electron chi connectivity index (χ4n) is 1.43. The standard InChI is InChI=1S/C12H17NO7/c14-9(6-7-11(17)18)13-8(12(19)20)4-2-1-3-5-10(15)16/h6-8H,1-5H2,(H,13,14)(H,15,16)(H,17,18)(H,19,20)/b7-6-. The molecule has 0 rings (SSSR count). The van der Waals surface area contributed by atoms with Crippen molar-refractivity contribution in [3.8, 4) is 0 Å². The molecule has 112 valence electrons. The molecule has 20 heavy (non-hydrogen) atoms. The van der Waals surface area contributed by atoms with Crippen LogP contribution >= 0.6 is 0 Å². The van der Waals surface area contributed by atoms with Gasteiger partial charge in [-0.15, -0.1) is 0 Å². The molecular weight excluding hydrogens is 270 g/mol. The molecule has 8 nitrogen and oxygen atoms in total. The second-order valence-electron chi connectivity index (χ2n) is 4.06. The van der Waals surface area contributed by atoms with E-state index in [2.05, 4.69) is 5.32 Å². The second-order valence-corrected chi connectivity index (χ2v) is 4.06. The first-order valence-corrected chi connectivity index (χ1v) is 5.99. The Balaban J connectivity index is 4.11. The van der Waals surface area contributed by atoms with Gasteiger partial charge in [-0.3, -0.25) is 9.59 Å². The quantitative estimate of drug-likeness (QED) is 0.333. The molecule has 0 aliphatic heterocycles. The SMILES string of the molecule is O=C(O)/C=C\C(=O)NC(CCCCCC(=O)O)C(=O)O. The third-order valence-corrected chi connectivity index (χ3v) is 2.38. The molecule has 0 aliphatic carbocycles. The van der Waals surface area contributed by atoms with E-state index in [9.17, 15) is 19.2 Å². The van der Waals surface area contributed by atoms with Gasteiger partial charge in [-0.1, -0.05) is 12.8 Å². The number of carboxylic acid groups (broad SMARTS) is 3. The molecule has 4 N–H and O–H groups in total. The van der Waals surface area contributed by atoms with Crippen LogP contribution in [-0.2, 0) is 19.2 Å². The average molecular weight is 287 g/mol. The lowest BCUT2D eigenvalue weighted by atomic mass is 10.1. The lowest BCUT2D eigenvalue weighted by Gasteiger charge is -2.12. The number of aliphatic carboxylic acids is 3. The fraction of sp³-hybridized carbons (Fsp3) is 0.500. The molecule has 0 radical (unpaired) electrons. The van der Waals surface area contributed by atoms with Gasteiger partial charge >= 0.3 is 17.9 Å². The highest BCUT2D eigenvalue weighted by Crippen LogP contribution is 2.06. The van der Waals surface area contributed by atoms with Crippen LogP contribution in [0.25, 0.3) is 0 Å². The first-order valence-electron chi connectivity index (χ1n) is 5.99. The van der Waals surface area contributed by atoms with Gasteiger partial charge in [-0.2, -0.15) is 0 Å². The molecule has 8 heteroatoms. The van der Waals surface area contributed by atoms with E-state index in [0.29, 0.717) is 25.3 Å². The van der Waals surface area contributed by atoms with Gasteiger partial charge in [0, 0.05) is 18.6 Å². The predicted octanol–water partition coefficient (Wildman–Crippen LogP) is 0.232. The predicted molar refractivity (Wildman–Crippen MR) is 67.1 cm³/mol. The second kappa shape index (κ2) is 9.54. The van der Waals surface area contributed by atoms with E-state index < -0.39 is 29.9 Å². The monoisotopic (exact) mass is 287 g/mol. The van der Waals surface area contributed by atoms with Gasteiger partial charge in [-0.05, 0) is 12.8 Å². The molecule has 1 atom stereocenters. The summed E-state index contributed by atoms with van der Waals surface area (Å²) in [5.74, 6) is -4.24. The number of amides is 1. The number of carbonyl (C=O) groups is 4. The molecule has 1 amide bonds. The first kappa shape index (κ1) is 17.6. The van der Waals surface area contributed by atoms with E-state index in [0.717, 1.165) is 6.08 Å². The summed E-state index contributed by atoms with van der Waals surface area (Å²) in [7, 11) is 0. The fourth-order valence-corrected chi connectivity index (χ4v) is 1.43. The van der Waals surface area contributed by atoms with Crippen molar-refractivity contribution in [1.29, 1.82) is 0 Å². The number of unbranched alkanes of at least 4 members (excludes halogenated alkanes) is 2. The Labute approximate surface area is 115 Å². The third kappa shape index (κ3) is 9.63. The van der Waals surface area contributed by atoms with Crippen molar-refractivity contribution in [3.63, 3.8) is 0 Å². The molecule has 0 fully saturated rings. The molecule has 0 saturated carbocycles. The average Bonchev–Trinajstić information content (AvgIpc) is 2.33. The van der Waals surface area contributed by atoms with Gasteiger partial charge in [0.25, 0.3) is 0 Å². The number of hydrogen-bond donors (Lipinski definition) is 4. The number of rotatable bonds is 10. The Morgan fingerprint density at radius 2 is 1.60 bits per heavy atom. The van der Waals surface area contributed by atoms with Crippen molar-refractivity contribution >= 4 is 23.8 Å². The Morgan fingerprint density at radius 3 is 2.10 bits per heavy atom. The zero-order valence-corrected chi connectivity index (χ0v) is 10.7. The minimum absolute atomic E-state index is 0.0193. The van der Waals surface area contributed by atoms with Gasteiger partial charge in [0.15, 0.2) is 0 Å². The zero-order chi connectivity index (χ0) is 15.5. The van der Waals surface area contributed by atoms with E-state index in [-0.39, 0.29) is 12.8 Å². The van der Waals surface area contributed by atoms with Gasteiger partial charge < -0.3 is 20.6 Å². The summed E-state index contributed by atoms with van der Waals surface area (Å²) in [4.78, 5) is 42.6. The van der Waals surface area contributed by atoms with Crippen LogP contribution in [0, 0.1) is 0 Å². The Hall–Kier alpha value is -2.38. The Kier molecular flexibility index (Phi) is 8.40. The summed E-state index contributed by atoms with van der Waals surface area (Å²) in [6, 6.07) is -1.12. The minimum Gasteiger partial charge on any atom is -0.481 e. The van der Waals surface area contributed by atoms with Crippen LogP contribution in [0.4, 0.5) is 0 Å². The molecule has 0 saturated heterocycles. The molecule has 0 bridgehead atoms. The van der Waals surface area contributed by atoms with E-state index >= 15 is 0 Å². The van der Waals surface area contributed by atoms with Crippen molar-refractivity contribution in [2.45, 2.75) is 38.1 Å². The van der Waals surface area contributed by atoms with Crippen molar-refractivity contribution in [3.05, 3.63) is 12.2 Å². The van der Waals surface area contributed by atoms with Crippen LogP contribution in [0.3, 0.4) is 0 Å². The highest BCUT2D eigenvalue weighted by atomic mass is 16.4. The van der Waals surface area contributed by atoms with Crippen molar-refractivity contribution in [1.82, 2.24) is 5.32 Å². The van der Waals surface area contributed by atoms with Gasteiger partial charge in [0.2, 0.25) is 5.91 Å². The maximum absolute atomic E-state index is 11.2. The smallest absolute Gasteiger partial charge is 0.328 e. The van der Waals surface area contributed by atoms with E-state index in [4.69, 9.17) is 15.3 Å². The van der Waals surface area contributed by atoms with Crippen LogP contribution in [0.5, 0.6) is 0 Å². The molecule has 0 aromatic rings. The van der Waals surface area contributed by atoms with E-state index in [1.54, 1.807) is 0 Å². The summed E-state index contributed by atoms with van der Waals surface area (Å²) in [5, 5.41) is 27.8. The summed E-state index contributed by atoms with van der Waals surface area (Å²) in [5.41, 5.74) is 0. The van der Waals surface area contributed by atoms with Crippen molar-refractivity contribution in [2.24, 2.45) is 0 Å². The number of hydrogen-bond acceptors (Lipinski definition) is 4. The van der Waals surface area contributed by atoms with Gasteiger partial charge in [-0.25, -0.2) is 9.59 Å². The number of carbonyl (C=O) groups excluding carboxylic acids is 1. The van der Waals surface area contributed by atoms with Crippen molar-refractivity contribution in [2.75, 3.05) is 0 Å². The highest BCUT2D eigenvalue weighted by Gasteiger charge is 2.18. The van der Waals surface area contributed by atoms with Crippen LogP contribution in [0.1, 0.15) is 32.1 Å². The first-order chi connectivity index (χ1) is 9.32. The summed E-state index contributed by atoms with van der Waals surface area (Å²) in [6.07, 6.45) is 2.95.